The van der Waals surface area contributed by atoms with Gasteiger partial charge in [0.2, 0.25) is 0 Å². The first kappa shape index (κ1) is 9.46. The van der Waals surface area contributed by atoms with Crippen LogP contribution in [0.25, 0.3) is 0 Å². The summed E-state index contributed by atoms with van der Waals surface area (Å²) in [5, 5.41) is 0. The van der Waals surface area contributed by atoms with Crippen molar-refractivity contribution in [1.82, 2.24) is 0 Å². The summed E-state index contributed by atoms with van der Waals surface area (Å²) in [4.78, 5) is 11.3. The van der Waals surface area contributed by atoms with Crippen LogP contribution in [0.3, 0.4) is 0 Å². The molecule has 1 fully saturated rings. The molecule has 0 aliphatic heterocycles. The first-order valence-electron chi connectivity index (χ1n) is 4.11. The molecule has 3 heteroatoms. The predicted octanol–water partition coefficient (Wildman–Crippen LogP) is 2.32. The summed E-state index contributed by atoms with van der Waals surface area (Å²) in [5.74, 6) is 0.472. The van der Waals surface area contributed by atoms with E-state index in [0.717, 1.165) is 12.8 Å². The summed E-state index contributed by atoms with van der Waals surface area (Å²) < 4.78 is -0.363. The number of hydrogen-bond acceptors (Lipinski definition) is 3. The van der Waals surface area contributed by atoms with Gasteiger partial charge >= 0.3 is 0 Å². The highest BCUT2D eigenvalue weighted by molar-refractivity contribution is 8.00. The number of hydrogen-bond donors (Lipinski definition) is 2. The van der Waals surface area contributed by atoms with E-state index in [1.807, 2.05) is 0 Å². The molecule has 1 aliphatic rings. The monoisotopic (exact) mass is 190 g/mol. The fourth-order valence-corrected chi connectivity index (χ4v) is 2.02. The SMILES string of the molecule is O=C(C(S)S)C1CCCCC1. The largest absolute Gasteiger partial charge is 0.297 e. The van der Waals surface area contributed by atoms with Gasteiger partial charge in [0.1, 0.15) is 4.58 Å². The molecule has 0 bridgehead atoms. The fraction of sp³-hybridized carbons (Fsp3) is 0.875. The van der Waals surface area contributed by atoms with Gasteiger partial charge in [0.25, 0.3) is 0 Å². The van der Waals surface area contributed by atoms with E-state index in [1.165, 1.54) is 19.3 Å². The second kappa shape index (κ2) is 4.41. The molecule has 0 heterocycles. The van der Waals surface area contributed by atoms with E-state index >= 15 is 0 Å². The van der Waals surface area contributed by atoms with Crippen molar-refractivity contribution in [2.75, 3.05) is 0 Å². The lowest BCUT2D eigenvalue weighted by Gasteiger charge is -2.20. The quantitative estimate of drug-likeness (QED) is 0.505. The highest BCUT2D eigenvalue weighted by Gasteiger charge is 2.23. The van der Waals surface area contributed by atoms with Crippen molar-refractivity contribution in [2.24, 2.45) is 5.92 Å². The van der Waals surface area contributed by atoms with Crippen LogP contribution in [0.5, 0.6) is 0 Å². The van der Waals surface area contributed by atoms with E-state index in [4.69, 9.17) is 0 Å². The number of thiol groups is 2. The van der Waals surface area contributed by atoms with Crippen LogP contribution in [0.1, 0.15) is 32.1 Å². The van der Waals surface area contributed by atoms with Crippen LogP contribution in [0, 0.1) is 5.92 Å². The Balaban J connectivity index is 2.39. The van der Waals surface area contributed by atoms with Gasteiger partial charge in [-0.15, -0.1) is 0 Å². The minimum absolute atomic E-state index is 0.219. The van der Waals surface area contributed by atoms with E-state index in [-0.39, 0.29) is 16.3 Å². The first-order valence-corrected chi connectivity index (χ1v) is 5.15. The van der Waals surface area contributed by atoms with Gasteiger partial charge in [0, 0.05) is 5.92 Å². The maximum atomic E-state index is 11.3. The molecule has 0 radical (unpaired) electrons. The molecule has 1 aliphatic carbocycles. The lowest BCUT2D eigenvalue weighted by molar-refractivity contribution is -0.121. The molecule has 0 N–H and O–H groups in total. The second-order valence-corrected chi connectivity index (χ2v) is 4.55. The van der Waals surface area contributed by atoms with Crippen molar-refractivity contribution in [2.45, 2.75) is 36.7 Å². The third-order valence-electron chi connectivity index (χ3n) is 2.26. The molecule has 0 unspecified atom stereocenters. The Bertz CT molecular complexity index is 139. The van der Waals surface area contributed by atoms with Gasteiger partial charge in [0.05, 0.1) is 0 Å². The summed E-state index contributed by atoms with van der Waals surface area (Å²) in [6.07, 6.45) is 5.79. The molecular formula is C8H14OS2. The molecule has 0 atom stereocenters. The highest BCUT2D eigenvalue weighted by atomic mass is 32.2. The summed E-state index contributed by atoms with van der Waals surface area (Å²) in [6, 6.07) is 0. The third kappa shape index (κ3) is 2.71. The maximum absolute atomic E-state index is 11.3. The molecule has 0 saturated heterocycles. The molecule has 11 heavy (non-hydrogen) atoms. The van der Waals surface area contributed by atoms with Gasteiger partial charge < -0.3 is 0 Å². The van der Waals surface area contributed by atoms with Crippen LogP contribution in [0.15, 0.2) is 0 Å². The van der Waals surface area contributed by atoms with E-state index < -0.39 is 0 Å². The Labute approximate surface area is 78.8 Å². The predicted molar refractivity (Wildman–Crippen MR) is 53.3 cm³/mol. The van der Waals surface area contributed by atoms with E-state index in [1.54, 1.807) is 0 Å². The van der Waals surface area contributed by atoms with Crippen LogP contribution >= 0.6 is 25.3 Å². The van der Waals surface area contributed by atoms with Crippen LogP contribution < -0.4 is 0 Å². The summed E-state index contributed by atoms with van der Waals surface area (Å²) >= 11 is 8.04. The topological polar surface area (TPSA) is 17.1 Å². The molecule has 64 valence electrons. The van der Waals surface area contributed by atoms with Gasteiger partial charge in [-0.1, -0.05) is 19.3 Å². The Morgan fingerprint density at radius 3 is 2.18 bits per heavy atom. The Kier molecular flexibility index (Phi) is 3.79. The zero-order valence-corrected chi connectivity index (χ0v) is 8.28. The van der Waals surface area contributed by atoms with Gasteiger partial charge in [-0.3, -0.25) is 4.79 Å². The molecule has 0 aromatic carbocycles. The number of Topliss-reactive ketones (excluding diaryl/α,β-unsaturated/α-hetero) is 1. The Morgan fingerprint density at radius 1 is 1.18 bits per heavy atom. The van der Waals surface area contributed by atoms with Crippen LogP contribution in [-0.4, -0.2) is 10.4 Å². The minimum Gasteiger partial charge on any atom is -0.297 e. The molecule has 0 aromatic heterocycles. The number of carbonyl (C=O) groups excluding carboxylic acids is 1. The third-order valence-corrected chi connectivity index (χ3v) is 2.77. The van der Waals surface area contributed by atoms with Crippen molar-refractivity contribution in [3.63, 3.8) is 0 Å². The molecule has 1 rings (SSSR count). The van der Waals surface area contributed by atoms with E-state index in [2.05, 4.69) is 25.3 Å². The summed E-state index contributed by atoms with van der Waals surface area (Å²) in [7, 11) is 0. The molecular weight excluding hydrogens is 176 g/mol. The highest BCUT2D eigenvalue weighted by Crippen LogP contribution is 2.26. The first-order chi connectivity index (χ1) is 5.22. The molecule has 1 nitrogen and oxygen atoms in total. The second-order valence-electron chi connectivity index (χ2n) is 3.11. The van der Waals surface area contributed by atoms with Crippen molar-refractivity contribution in [3.8, 4) is 0 Å². The van der Waals surface area contributed by atoms with Gasteiger partial charge in [-0.2, -0.15) is 25.3 Å². The summed E-state index contributed by atoms with van der Waals surface area (Å²) in [6.45, 7) is 0. The number of ketones is 1. The van der Waals surface area contributed by atoms with Gasteiger partial charge in [-0.05, 0) is 12.8 Å². The minimum atomic E-state index is -0.363. The van der Waals surface area contributed by atoms with E-state index in [0.29, 0.717) is 0 Å². The van der Waals surface area contributed by atoms with Gasteiger partial charge in [0.15, 0.2) is 5.78 Å². The molecule has 1 saturated carbocycles. The fourth-order valence-electron chi connectivity index (χ4n) is 1.60. The molecule has 0 spiro atoms. The van der Waals surface area contributed by atoms with Crippen LogP contribution in [0.2, 0.25) is 0 Å². The van der Waals surface area contributed by atoms with Crippen molar-refractivity contribution < 1.29 is 4.79 Å². The standard InChI is InChI=1S/C8H14OS2/c9-7(8(10)11)6-4-2-1-3-5-6/h6,8,10-11H,1-5H2. The summed E-state index contributed by atoms with van der Waals surface area (Å²) in [5.41, 5.74) is 0. The number of rotatable bonds is 2. The normalized spacial score (nSPS) is 20.6. The zero-order valence-electron chi connectivity index (χ0n) is 6.49. The average molecular weight is 190 g/mol. The van der Waals surface area contributed by atoms with Crippen molar-refractivity contribution in [3.05, 3.63) is 0 Å². The lowest BCUT2D eigenvalue weighted by atomic mass is 9.87. The van der Waals surface area contributed by atoms with Crippen LogP contribution in [-0.2, 0) is 4.79 Å². The van der Waals surface area contributed by atoms with Crippen molar-refractivity contribution >= 4 is 31.0 Å². The number of carbonyl (C=O) groups is 1. The van der Waals surface area contributed by atoms with E-state index in [9.17, 15) is 4.79 Å². The Morgan fingerprint density at radius 2 is 1.73 bits per heavy atom. The van der Waals surface area contributed by atoms with Crippen LogP contribution in [0.4, 0.5) is 0 Å². The zero-order chi connectivity index (χ0) is 8.27. The lowest BCUT2D eigenvalue weighted by Crippen LogP contribution is -2.22. The van der Waals surface area contributed by atoms with Gasteiger partial charge in [-0.25, -0.2) is 0 Å². The molecule has 0 amide bonds. The smallest absolute Gasteiger partial charge is 0.158 e. The average Bonchev–Trinajstić information content (AvgIpc) is 2.05. The van der Waals surface area contributed by atoms with Crippen molar-refractivity contribution in [1.29, 1.82) is 0 Å². The Hall–Kier alpha value is 0.370. The molecule has 0 aromatic rings. The maximum Gasteiger partial charge on any atom is 0.158 e.